The largest absolute Gasteiger partial charge is 0.490 e. The summed E-state index contributed by atoms with van der Waals surface area (Å²) in [6.45, 7) is 11.7. The molecule has 1 saturated heterocycles. The quantitative estimate of drug-likeness (QED) is 0.578. The van der Waals surface area contributed by atoms with Gasteiger partial charge < -0.3 is 29.7 Å². The van der Waals surface area contributed by atoms with Crippen molar-refractivity contribution >= 4 is 12.1 Å². The summed E-state index contributed by atoms with van der Waals surface area (Å²) in [4.78, 5) is 19.1. The van der Waals surface area contributed by atoms with Gasteiger partial charge in [0.25, 0.3) is 0 Å². The van der Waals surface area contributed by atoms with Gasteiger partial charge in [0.2, 0.25) is 0 Å². The number of nitrogens with one attached hydrogen (secondary N) is 2. The van der Waals surface area contributed by atoms with Crippen molar-refractivity contribution < 1.29 is 19.0 Å². The summed E-state index contributed by atoms with van der Waals surface area (Å²) < 4.78 is 17.1. The number of amides is 1. The number of nitrogens with zero attached hydrogens (tertiary/aromatic N) is 2. The fourth-order valence-electron chi connectivity index (χ4n) is 3.51. The molecule has 1 atom stereocenters. The minimum atomic E-state index is -0.502. The van der Waals surface area contributed by atoms with E-state index >= 15 is 0 Å². The van der Waals surface area contributed by atoms with Crippen LogP contribution in [0.5, 0.6) is 11.5 Å². The van der Waals surface area contributed by atoms with Gasteiger partial charge in [0.05, 0.1) is 25.8 Å². The van der Waals surface area contributed by atoms with E-state index in [1.807, 2.05) is 45.9 Å². The summed E-state index contributed by atoms with van der Waals surface area (Å²) >= 11 is 0. The predicted molar refractivity (Wildman–Crippen MR) is 116 cm³/mol. The van der Waals surface area contributed by atoms with Crippen molar-refractivity contribution in [2.24, 2.45) is 4.99 Å². The predicted octanol–water partition coefficient (Wildman–Crippen LogP) is 2.91. The van der Waals surface area contributed by atoms with Gasteiger partial charge in [-0.3, -0.25) is 0 Å². The van der Waals surface area contributed by atoms with Crippen LogP contribution < -0.4 is 20.1 Å². The highest BCUT2D eigenvalue weighted by Crippen LogP contribution is 2.33. The summed E-state index contributed by atoms with van der Waals surface area (Å²) in [6, 6.07) is 5.97. The van der Waals surface area contributed by atoms with E-state index in [1.54, 1.807) is 0 Å². The number of guanidine groups is 1. The molecule has 2 aliphatic heterocycles. The first-order valence-electron chi connectivity index (χ1n) is 10.8. The van der Waals surface area contributed by atoms with Crippen LogP contribution in [0, 0.1) is 0 Å². The number of para-hydroxylation sites is 1. The number of likely N-dealkylation sites (tertiary alicyclic amines) is 1. The van der Waals surface area contributed by atoms with Gasteiger partial charge in [0.1, 0.15) is 5.60 Å². The lowest BCUT2D eigenvalue weighted by Gasteiger charge is -2.23. The number of carbonyl (C=O) groups is 1. The molecule has 166 valence electrons. The topological polar surface area (TPSA) is 84.4 Å². The molecule has 0 aromatic heterocycles. The van der Waals surface area contributed by atoms with Crippen LogP contribution in [0.15, 0.2) is 23.2 Å². The molecule has 30 heavy (non-hydrogen) atoms. The van der Waals surface area contributed by atoms with E-state index in [1.165, 1.54) is 0 Å². The summed E-state index contributed by atoms with van der Waals surface area (Å²) in [6.07, 6.45) is 1.35. The van der Waals surface area contributed by atoms with Crippen LogP contribution >= 0.6 is 0 Å². The van der Waals surface area contributed by atoms with Gasteiger partial charge in [-0.15, -0.1) is 0 Å². The molecule has 8 heteroatoms. The molecule has 2 N–H and O–H groups in total. The number of alkyl carbamates (subject to hydrolysis) is 1. The maximum absolute atomic E-state index is 12.1. The van der Waals surface area contributed by atoms with Crippen LogP contribution in [0.3, 0.4) is 0 Å². The average molecular weight is 419 g/mol. The maximum atomic E-state index is 12.1. The number of benzene rings is 1. The Morgan fingerprint density at radius 3 is 2.87 bits per heavy atom. The molecule has 0 aliphatic carbocycles. The van der Waals surface area contributed by atoms with Crippen LogP contribution in [-0.2, 0) is 11.3 Å². The summed E-state index contributed by atoms with van der Waals surface area (Å²) in [5.41, 5.74) is 0.505. The number of ether oxygens (including phenoxy) is 3. The van der Waals surface area contributed by atoms with E-state index in [2.05, 4.69) is 15.5 Å². The van der Waals surface area contributed by atoms with Crippen LogP contribution in [0.1, 0.15) is 46.1 Å². The molecule has 0 unspecified atom stereocenters. The van der Waals surface area contributed by atoms with Gasteiger partial charge in [-0.25, -0.2) is 9.79 Å². The molecule has 3 rings (SSSR count). The van der Waals surface area contributed by atoms with Crippen LogP contribution in [0.25, 0.3) is 0 Å². The summed E-state index contributed by atoms with van der Waals surface area (Å²) in [7, 11) is 0. The zero-order valence-corrected chi connectivity index (χ0v) is 18.5. The fourth-order valence-corrected chi connectivity index (χ4v) is 3.51. The number of carbonyl (C=O) groups excluding carboxylic acids is 1. The maximum Gasteiger partial charge on any atom is 0.407 e. The van der Waals surface area contributed by atoms with Crippen molar-refractivity contribution in [3.63, 3.8) is 0 Å². The molecule has 0 spiro atoms. The number of rotatable bonds is 4. The standard InChI is InChI=1S/C22H34N4O4/c1-5-23-20(26-11-10-17(15-26)25-21(27)30-22(2,3)4)24-14-16-8-6-9-18-19(16)29-13-7-12-28-18/h6,8-9,17H,5,7,10-15H2,1-4H3,(H,23,24)(H,25,27)/t17-/m1/s1. The lowest BCUT2D eigenvalue weighted by Crippen LogP contribution is -2.44. The Balaban J connectivity index is 1.64. The van der Waals surface area contributed by atoms with E-state index in [0.717, 1.165) is 49.0 Å². The average Bonchev–Trinajstić information content (AvgIpc) is 2.98. The molecule has 1 amide bonds. The SMILES string of the molecule is CCNC(=NCc1cccc2c1OCCCO2)N1CC[C@@H](NC(=O)OC(C)(C)C)C1. The zero-order valence-electron chi connectivity index (χ0n) is 18.5. The van der Waals surface area contributed by atoms with Gasteiger partial charge in [-0.05, 0) is 40.2 Å². The van der Waals surface area contributed by atoms with Crippen molar-refractivity contribution in [2.75, 3.05) is 32.8 Å². The third-order valence-electron chi connectivity index (χ3n) is 4.80. The monoisotopic (exact) mass is 418 g/mol. The molecule has 0 saturated carbocycles. The van der Waals surface area contributed by atoms with Gasteiger partial charge >= 0.3 is 6.09 Å². The van der Waals surface area contributed by atoms with E-state index < -0.39 is 5.60 Å². The van der Waals surface area contributed by atoms with E-state index in [-0.39, 0.29) is 12.1 Å². The van der Waals surface area contributed by atoms with Crippen molar-refractivity contribution in [3.8, 4) is 11.5 Å². The first-order valence-corrected chi connectivity index (χ1v) is 10.8. The van der Waals surface area contributed by atoms with Crippen molar-refractivity contribution in [1.29, 1.82) is 0 Å². The zero-order chi connectivity index (χ0) is 21.6. The highest BCUT2D eigenvalue weighted by Gasteiger charge is 2.28. The Labute approximate surface area is 179 Å². The molecular weight excluding hydrogens is 384 g/mol. The second-order valence-corrected chi connectivity index (χ2v) is 8.54. The Kier molecular flexibility index (Phi) is 7.29. The van der Waals surface area contributed by atoms with Crippen LogP contribution in [0.2, 0.25) is 0 Å². The molecule has 2 heterocycles. The smallest absolute Gasteiger partial charge is 0.407 e. The van der Waals surface area contributed by atoms with E-state index in [0.29, 0.717) is 26.3 Å². The third-order valence-corrected chi connectivity index (χ3v) is 4.80. The minimum Gasteiger partial charge on any atom is -0.490 e. The van der Waals surface area contributed by atoms with Crippen LogP contribution in [0.4, 0.5) is 4.79 Å². The normalized spacial score (nSPS) is 19.3. The van der Waals surface area contributed by atoms with Gasteiger partial charge in [-0.1, -0.05) is 12.1 Å². The Hall–Kier alpha value is -2.64. The molecular formula is C22H34N4O4. The Morgan fingerprint density at radius 1 is 1.30 bits per heavy atom. The second kappa shape index (κ2) is 9.91. The molecule has 1 aromatic rings. The molecule has 1 aromatic carbocycles. The molecule has 2 aliphatic rings. The molecule has 1 fully saturated rings. The Bertz CT molecular complexity index is 760. The highest BCUT2D eigenvalue weighted by molar-refractivity contribution is 5.80. The van der Waals surface area contributed by atoms with E-state index in [4.69, 9.17) is 19.2 Å². The van der Waals surface area contributed by atoms with Crippen molar-refractivity contribution in [1.82, 2.24) is 15.5 Å². The number of hydrogen-bond donors (Lipinski definition) is 2. The first kappa shape index (κ1) is 22.1. The fraction of sp³-hybridized carbons (Fsp3) is 0.636. The van der Waals surface area contributed by atoms with Crippen molar-refractivity contribution in [2.45, 2.75) is 58.7 Å². The highest BCUT2D eigenvalue weighted by atomic mass is 16.6. The van der Waals surface area contributed by atoms with Gasteiger partial charge in [0.15, 0.2) is 17.5 Å². The van der Waals surface area contributed by atoms with Crippen molar-refractivity contribution in [3.05, 3.63) is 23.8 Å². The number of hydrogen-bond acceptors (Lipinski definition) is 5. The number of aliphatic imine (C=N–C) groups is 1. The van der Waals surface area contributed by atoms with Crippen LogP contribution in [-0.4, -0.2) is 61.4 Å². The Morgan fingerprint density at radius 2 is 2.10 bits per heavy atom. The number of fused-ring (bicyclic) bond motifs is 1. The van der Waals surface area contributed by atoms with Gasteiger partial charge in [0, 0.05) is 31.6 Å². The first-order chi connectivity index (χ1) is 14.4. The van der Waals surface area contributed by atoms with Gasteiger partial charge in [-0.2, -0.15) is 0 Å². The molecule has 8 nitrogen and oxygen atoms in total. The minimum absolute atomic E-state index is 0.0356. The molecule has 0 bridgehead atoms. The third kappa shape index (κ3) is 6.18. The second-order valence-electron chi connectivity index (χ2n) is 8.54. The van der Waals surface area contributed by atoms with E-state index in [9.17, 15) is 4.79 Å². The molecule has 0 radical (unpaired) electrons. The summed E-state index contributed by atoms with van der Waals surface area (Å²) in [5, 5.41) is 6.32. The summed E-state index contributed by atoms with van der Waals surface area (Å²) in [5.74, 6) is 2.41. The lowest BCUT2D eigenvalue weighted by atomic mass is 10.2. The lowest BCUT2D eigenvalue weighted by molar-refractivity contribution is 0.0507.